The van der Waals surface area contributed by atoms with E-state index in [1.807, 2.05) is 6.92 Å². The molecule has 0 heterocycles. The molecule has 0 saturated carbocycles. The van der Waals surface area contributed by atoms with E-state index in [9.17, 15) is 4.79 Å². The third kappa shape index (κ3) is 13.7. The first-order valence-electron chi connectivity index (χ1n) is 8.23. The Morgan fingerprint density at radius 3 is 2.00 bits per heavy atom. The van der Waals surface area contributed by atoms with E-state index in [-0.39, 0.29) is 11.9 Å². The predicted molar refractivity (Wildman–Crippen MR) is 83.1 cm³/mol. The lowest BCUT2D eigenvalue weighted by Gasteiger charge is -2.10. The van der Waals surface area contributed by atoms with E-state index in [1.165, 1.54) is 51.4 Å². The highest BCUT2D eigenvalue weighted by molar-refractivity contribution is 5.75. The second kappa shape index (κ2) is 13.9. The molecule has 0 saturated heterocycles. The number of nitrogens with one attached hydrogen (secondary N) is 1. The first kappa shape index (κ1) is 18.4. The van der Waals surface area contributed by atoms with Crippen LogP contribution in [0.2, 0.25) is 0 Å². The second-order valence-electron chi connectivity index (χ2n) is 5.55. The number of hydrogen-bond acceptors (Lipinski definition) is 2. The summed E-state index contributed by atoms with van der Waals surface area (Å²) in [5.74, 6) is 0.159. The van der Waals surface area contributed by atoms with Crippen molar-refractivity contribution in [2.45, 2.75) is 90.5 Å². The molecule has 0 aliphatic rings. The van der Waals surface area contributed by atoms with Crippen molar-refractivity contribution in [3.63, 3.8) is 0 Å². The monoisotopic (exact) mass is 270 g/mol. The largest absolute Gasteiger partial charge is 0.355 e. The van der Waals surface area contributed by atoms with E-state index < -0.39 is 0 Å². The number of unbranched alkanes of at least 4 members (excludes halogenated alkanes) is 8. The highest BCUT2D eigenvalue weighted by Gasteiger charge is 2.03. The maximum absolute atomic E-state index is 11.5. The van der Waals surface area contributed by atoms with E-state index in [0.717, 1.165) is 12.8 Å². The first-order valence-corrected chi connectivity index (χ1v) is 8.23. The molecule has 3 nitrogen and oxygen atoms in total. The van der Waals surface area contributed by atoms with Crippen molar-refractivity contribution in [2.75, 3.05) is 6.54 Å². The second-order valence-corrected chi connectivity index (χ2v) is 5.55. The molecule has 19 heavy (non-hydrogen) atoms. The zero-order valence-corrected chi connectivity index (χ0v) is 13.0. The van der Waals surface area contributed by atoms with Gasteiger partial charge < -0.3 is 11.1 Å². The maximum atomic E-state index is 11.5. The molecule has 0 radical (unpaired) electrons. The van der Waals surface area contributed by atoms with Crippen LogP contribution in [0, 0.1) is 0 Å². The highest BCUT2D eigenvalue weighted by atomic mass is 16.1. The van der Waals surface area contributed by atoms with Crippen LogP contribution in [-0.2, 0) is 4.79 Å². The van der Waals surface area contributed by atoms with Crippen molar-refractivity contribution in [1.29, 1.82) is 0 Å². The van der Waals surface area contributed by atoms with Gasteiger partial charge in [-0.3, -0.25) is 4.79 Å². The zero-order valence-electron chi connectivity index (χ0n) is 13.0. The normalized spacial score (nSPS) is 12.4. The highest BCUT2D eigenvalue weighted by Crippen LogP contribution is 2.10. The summed E-state index contributed by atoms with van der Waals surface area (Å²) < 4.78 is 0. The van der Waals surface area contributed by atoms with Crippen molar-refractivity contribution >= 4 is 5.91 Å². The van der Waals surface area contributed by atoms with Crippen LogP contribution < -0.4 is 11.1 Å². The van der Waals surface area contributed by atoms with Gasteiger partial charge >= 0.3 is 0 Å². The van der Waals surface area contributed by atoms with Gasteiger partial charge in [-0.05, 0) is 12.8 Å². The molecular weight excluding hydrogens is 236 g/mol. The van der Waals surface area contributed by atoms with E-state index in [1.54, 1.807) is 0 Å². The minimum Gasteiger partial charge on any atom is -0.355 e. The van der Waals surface area contributed by atoms with E-state index in [2.05, 4.69) is 12.2 Å². The molecule has 0 aliphatic carbocycles. The average molecular weight is 270 g/mol. The fourth-order valence-corrected chi connectivity index (χ4v) is 2.07. The van der Waals surface area contributed by atoms with Crippen LogP contribution in [0.5, 0.6) is 0 Å². The number of nitrogens with two attached hydrogens (primary N) is 1. The molecule has 0 fully saturated rings. The van der Waals surface area contributed by atoms with Crippen LogP contribution in [0.15, 0.2) is 0 Å². The number of hydrogen-bond donors (Lipinski definition) is 2. The van der Waals surface area contributed by atoms with Crippen LogP contribution in [0.1, 0.15) is 84.5 Å². The Morgan fingerprint density at radius 2 is 1.47 bits per heavy atom. The van der Waals surface area contributed by atoms with Gasteiger partial charge in [0.2, 0.25) is 5.91 Å². The molecule has 0 spiro atoms. The third-order valence-corrected chi connectivity index (χ3v) is 3.59. The Morgan fingerprint density at radius 1 is 0.947 bits per heavy atom. The van der Waals surface area contributed by atoms with Crippen LogP contribution in [-0.4, -0.2) is 18.5 Å². The van der Waals surface area contributed by atoms with Crippen molar-refractivity contribution in [1.82, 2.24) is 5.32 Å². The maximum Gasteiger partial charge on any atom is 0.220 e. The first-order chi connectivity index (χ1) is 9.20. The molecule has 0 aromatic heterocycles. The van der Waals surface area contributed by atoms with Gasteiger partial charge in [-0.2, -0.15) is 0 Å². The van der Waals surface area contributed by atoms with Gasteiger partial charge in [-0.15, -0.1) is 0 Å². The summed E-state index contributed by atoms with van der Waals surface area (Å²) in [7, 11) is 0. The van der Waals surface area contributed by atoms with Crippen molar-refractivity contribution < 1.29 is 4.79 Å². The molecular formula is C16H34N2O. The minimum absolute atomic E-state index is 0.104. The smallest absolute Gasteiger partial charge is 0.220 e. The zero-order chi connectivity index (χ0) is 14.3. The van der Waals surface area contributed by atoms with Crippen LogP contribution in [0.25, 0.3) is 0 Å². The van der Waals surface area contributed by atoms with E-state index in [0.29, 0.717) is 13.0 Å². The summed E-state index contributed by atoms with van der Waals surface area (Å²) >= 11 is 0. The molecule has 3 N–H and O–H groups in total. The summed E-state index contributed by atoms with van der Waals surface area (Å²) in [6.07, 6.45) is 13.2. The molecule has 0 aromatic rings. The average Bonchev–Trinajstić information content (AvgIpc) is 2.42. The summed E-state index contributed by atoms with van der Waals surface area (Å²) in [5, 5.41) is 2.89. The molecule has 1 atom stereocenters. The van der Waals surface area contributed by atoms with Crippen molar-refractivity contribution in [2.24, 2.45) is 5.73 Å². The van der Waals surface area contributed by atoms with Crippen molar-refractivity contribution in [3.8, 4) is 0 Å². The fourth-order valence-electron chi connectivity index (χ4n) is 2.07. The predicted octanol–water partition coefficient (Wildman–Crippen LogP) is 3.76. The minimum atomic E-state index is 0.104. The number of carbonyl (C=O) groups excluding carboxylic acids is 1. The van der Waals surface area contributed by atoms with Crippen LogP contribution >= 0.6 is 0 Å². The van der Waals surface area contributed by atoms with Crippen LogP contribution in [0.4, 0.5) is 0 Å². The quantitative estimate of drug-likeness (QED) is 0.501. The van der Waals surface area contributed by atoms with Gasteiger partial charge in [0.15, 0.2) is 0 Å². The van der Waals surface area contributed by atoms with Gasteiger partial charge in [0.25, 0.3) is 0 Å². The van der Waals surface area contributed by atoms with E-state index >= 15 is 0 Å². The molecule has 0 bridgehead atoms. The van der Waals surface area contributed by atoms with Gasteiger partial charge in [-0.25, -0.2) is 0 Å². The number of rotatable bonds is 13. The molecule has 1 amide bonds. The Bertz CT molecular complexity index is 207. The Hall–Kier alpha value is -0.570. The standard InChI is InChI=1S/C16H34N2O/c1-3-5-6-7-8-9-10-11-12-13-16(19)18-14-15(17)4-2/h15H,3-14,17H2,1-2H3,(H,18,19). The Labute approximate surface area is 119 Å². The summed E-state index contributed by atoms with van der Waals surface area (Å²) in [4.78, 5) is 11.5. The fraction of sp³-hybridized carbons (Fsp3) is 0.938. The molecule has 114 valence electrons. The molecule has 3 heteroatoms. The number of carbonyl (C=O) groups is 1. The summed E-state index contributed by atoms with van der Waals surface area (Å²) in [6, 6.07) is 0.104. The van der Waals surface area contributed by atoms with Gasteiger partial charge in [-0.1, -0.05) is 65.2 Å². The third-order valence-electron chi connectivity index (χ3n) is 3.59. The Balaban J connectivity index is 3.18. The van der Waals surface area contributed by atoms with Gasteiger partial charge in [0, 0.05) is 19.0 Å². The SMILES string of the molecule is CCCCCCCCCCCC(=O)NCC(N)CC. The molecule has 0 rings (SSSR count). The number of amides is 1. The lowest BCUT2D eigenvalue weighted by atomic mass is 10.1. The lowest BCUT2D eigenvalue weighted by Crippen LogP contribution is -2.36. The van der Waals surface area contributed by atoms with Gasteiger partial charge in [0.05, 0.1) is 0 Å². The van der Waals surface area contributed by atoms with Gasteiger partial charge in [0.1, 0.15) is 0 Å². The Kier molecular flexibility index (Phi) is 13.4. The van der Waals surface area contributed by atoms with E-state index in [4.69, 9.17) is 5.73 Å². The molecule has 1 unspecified atom stereocenters. The van der Waals surface area contributed by atoms with Crippen LogP contribution in [0.3, 0.4) is 0 Å². The topological polar surface area (TPSA) is 55.1 Å². The summed E-state index contributed by atoms with van der Waals surface area (Å²) in [6.45, 7) is 4.91. The molecule has 0 aromatic carbocycles. The van der Waals surface area contributed by atoms with Crippen molar-refractivity contribution in [3.05, 3.63) is 0 Å². The molecule has 0 aliphatic heterocycles. The summed E-state index contributed by atoms with van der Waals surface area (Å²) in [5.41, 5.74) is 5.75. The lowest BCUT2D eigenvalue weighted by molar-refractivity contribution is -0.121.